The Morgan fingerprint density at radius 2 is 1.61 bits per heavy atom. The van der Waals surface area contributed by atoms with E-state index in [-0.39, 0.29) is 17.9 Å². The zero-order valence-corrected chi connectivity index (χ0v) is 18.1. The number of hydrogen-bond donors (Lipinski definition) is 1. The smallest absolute Gasteiger partial charge is 0.289 e. The minimum absolute atomic E-state index is 0.0163. The average Bonchev–Trinajstić information content (AvgIpc) is 3.56. The first-order chi connectivity index (χ1) is 16.2. The van der Waals surface area contributed by atoms with Crippen LogP contribution in [0.5, 0.6) is 0 Å². The molecule has 0 saturated carbocycles. The highest BCUT2D eigenvalue weighted by Gasteiger charge is 2.27. The van der Waals surface area contributed by atoms with Gasteiger partial charge in [-0.2, -0.15) is 5.10 Å². The molecule has 2 amide bonds. The van der Waals surface area contributed by atoms with Crippen LogP contribution in [0, 0.1) is 0 Å². The first-order valence-electron chi connectivity index (χ1n) is 11.0. The lowest BCUT2D eigenvalue weighted by atomic mass is 10.0. The van der Waals surface area contributed by atoms with Crippen molar-refractivity contribution in [3.8, 4) is 16.9 Å². The number of nitrogens with zero attached hydrogens (tertiary/aromatic N) is 3. The molecule has 0 bridgehead atoms. The number of hydrogen-bond acceptors (Lipinski definition) is 4. The molecule has 1 fully saturated rings. The monoisotopic (exact) mass is 440 g/mol. The van der Waals surface area contributed by atoms with Gasteiger partial charge in [-0.3, -0.25) is 9.59 Å². The second kappa shape index (κ2) is 9.16. The van der Waals surface area contributed by atoms with Crippen LogP contribution >= 0.6 is 0 Å². The van der Waals surface area contributed by atoms with E-state index in [0.29, 0.717) is 37.4 Å². The summed E-state index contributed by atoms with van der Waals surface area (Å²) in [6, 6.07) is 24.6. The number of aromatic nitrogens is 2. The predicted molar refractivity (Wildman–Crippen MR) is 124 cm³/mol. The largest absolute Gasteiger partial charge is 0.459 e. The van der Waals surface area contributed by atoms with E-state index in [1.807, 2.05) is 66.7 Å². The Morgan fingerprint density at radius 1 is 0.909 bits per heavy atom. The van der Waals surface area contributed by atoms with Crippen molar-refractivity contribution in [2.24, 2.45) is 0 Å². The number of carbonyl (C=O) groups is 2. The molecule has 0 atom stereocenters. The second-order valence-electron chi connectivity index (χ2n) is 8.05. The maximum atomic E-state index is 13.3. The van der Waals surface area contributed by atoms with Gasteiger partial charge in [0, 0.05) is 24.7 Å². The van der Waals surface area contributed by atoms with Gasteiger partial charge in [-0.25, -0.2) is 4.68 Å². The topological polar surface area (TPSA) is 80.4 Å². The van der Waals surface area contributed by atoms with Crippen molar-refractivity contribution >= 4 is 11.8 Å². The number of amides is 2. The maximum Gasteiger partial charge on any atom is 0.289 e. The van der Waals surface area contributed by atoms with Crippen LogP contribution in [0.25, 0.3) is 16.9 Å². The number of rotatable bonds is 5. The van der Waals surface area contributed by atoms with E-state index >= 15 is 0 Å². The minimum Gasteiger partial charge on any atom is -0.459 e. The summed E-state index contributed by atoms with van der Waals surface area (Å²) >= 11 is 0. The SMILES string of the molecule is O=C(NC1CCN(C(=O)c2ccco2)CC1)c1cc(-c2ccccc2)nn1-c1ccccc1. The van der Waals surface area contributed by atoms with Crippen LogP contribution in [0.4, 0.5) is 0 Å². The Hall–Kier alpha value is -4.13. The lowest BCUT2D eigenvalue weighted by Crippen LogP contribution is -2.46. The van der Waals surface area contributed by atoms with Crippen molar-refractivity contribution in [2.75, 3.05) is 13.1 Å². The Balaban J connectivity index is 1.32. The molecule has 0 spiro atoms. The van der Waals surface area contributed by atoms with Crippen LogP contribution in [0.1, 0.15) is 33.9 Å². The summed E-state index contributed by atoms with van der Waals surface area (Å²) in [5.74, 6) is 0.0569. The van der Waals surface area contributed by atoms with Crippen molar-refractivity contribution in [1.29, 1.82) is 0 Å². The van der Waals surface area contributed by atoms with Crippen molar-refractivity contribution in [3.05, 3.63) is 96.6 Å². The molecule has 5 rings (SSSR count). The molecule has 2 aromatic carbocycles. The molecular weight excluding hydrogens is 416 g/mol. The fraction of sp³-hybridized carbons (Fsp3) is 0.192. The van der Waals surface area contributed by atoms with Crippen LogP contribution in [-0.2, 0) is 0 Å². The summed E-state index contributed by atoms with van der Waals surface area (Å²) in [6.07, 6.45) is 2.87. The van der Waals surface area contributed by atoms with Gasteiger partial charge >= 0.3 is 0 Å². The molecule has 7 nitrogen and oxygen atoms in total. The summed E-state index contributed by atoms with van der Waals surface area (Å²) in [6.45, 7) is 1.13. The third-order valence-corrected chi connectivity index (χ3v) is 5.86. The summed E-state index contributed by atoms with van der Waals surface area (Å²) in [5, 5.41) is 7.86. The first-order valence-corrected chi connectivity index (χ1v) is 11.0. The van der Waals surface area contributed by atoms with Crippen molar-refractivity contribution < 1.29 is 14.0 Å². The number of nitrogens with one attached hydrogen (secondary N) is 1. The molecule has 1 saturated heterocycles. The van der Waals surface area contributed by atoms with Gasteiger partial charge in [0.05, 0.1) is 17.6 Å². The van der Waals surface area contributed by atoms with E-state index < -0.39 is 0 Å². The van der Waals surface area contributed by atoms with Crippen molar-refractivity contribution in [3.63, 3.8) is 0 Å². The number of para-hydroxylation sites is 1. The van der Waals surface area contributed by atoms with E-state index in [4.69, 9.17) is 9.52 Å². The van der Waals surface area contributed by atoms with Gasteiger partial charge in [-0.1, -0.05) is 48.5 Å². The van der Waals surface area contributed by atoms with E-state index in [1.54, 1.807) is 21.7 Å². The standard InChI is InChI=1S/C26H24N4O3/c31-25(27-20-13-15-29(16-14-20)26(32)24-12-7-17-33-24)23-18-22(19-8-3-1-4-9-19)28-30(23)21-10-5-2-6-11-21/h1-12,17-18,20H,13-16H2,(H,27,31). The zero-order chi connectivity index (χ0) is 22.6. The van der Waals surface area contributed by atoms with E-state index in [0.717, 1.165) is 16.9 Å². The highest BCUT2D eigenvalue weighted by Crippen LogP contribution is 2.22. The van der Waals surface area contributed by atoms with E-state index in [2.05, 4.69) is 5.32 Å². The van der Waals surface area contributed by atoms with Crippen LogP contribution < -0.4 is 5.32 Å². The third-order valence-electron chi connectivity index (χ3n) is 5.86. The Kier molecular flexibility index (Phi) is 5.76. The molecule has 33 heavy (non-hydrogen) atoms. The zero-order valence-electron chi connectivity index (χ0n) is 18.1. The Bertz CT molecular complexity index is 1230. The summed E-state index contributed by atoms with van der Waals surface area (Å²) < 4.78 is 6.91. The molecule has 2 aromatic heterocycles. The van der Waals surface area contributed by atoms with Gasteiger partial charge in [0.1, 0.15) is 5.69 Å². The fourth-order valence-electron chi connectivity index (χ4n) is 4.10. The molecule has 1 N–H and O–H groups in total. The molecule has 7 heteroatoms. The molecule has 0 radical (unpaired) electrons. The van der Waals surface area contributed by atoms with Crippen LogP contribution in [0.3, 0.4) is 0 Å². The highest BCUT2D eigenvalue weighted by atomic mass is 16.3. The minimum atomic E-state index is -0.177. The van der Waals surface area contributed by atoms with Crippen LogP contribution in [0.2, 0.25) is 0 Å². The number of carbonyl (C=O) groups excluding carboxylic acids is 2. The molecule has 1 aliphatic heterocycles. The third kappa shape index (κ3) is 4.43. The van der Waals surface area contributed by atoms with Crippen LogP contribution in [0.15, 0.2) is 89.5 Å². The number of piperidine rings is 1. The fourth-order valence-corrected chi connectivity index (χ4v) is 4.10. The lowest BCUT2D eigenvalue weighted by molar-refractivity contribution is 0.0667. The molecular formula is C26H24N4O3. The van der Waals surface area contributed by atoms with Gasteiger partial charge in [-0.15, -0.1) is 0 Å². The van der Waals surface area contributed by atoms with E-state index in [9.17, 15) is 9.59 Å². The molecule has 4 aromatic rings. The first kappa shape index (κ1) is 20.8. The van der Waals surface area contributed by atoms with Crippen molar-refractivity contribution in [1.82, 2.24) is 20.0 Å². The number of furan rings is 1. The van der Waals surface area contributed by atoms with Gasteiger partial charge in [0.2, 0.25) is 0 Å². The van der Waals surface area contributed by atoms with Gasteiger partial charge in [0.25, 0.3) is 11.8 Å². The molecule has 166 valence electrons. The maximum absolute atomic E-state index is 13.3. The number of likely N-dealkylation sites (tertiary alicyclic amines) is 1. The molecule has 0 aliphatic carbocycles. The highest BCUT2D eigenvalue weighted by molar-refractivity contribution is 5.94. The molecule has 1 aliphatic rings. The Morgan fingerprint density at radius 3 is 2.27 bits per heavy atom. The normalized spacial score (nSPS) is 14.2. The van der Waals surface area contributed by atoms with Crippen molar-refractivity contribution in [2.45, 2.75) is 18.9 Å². The van der Waals surface area contributed by atoms with Crippen LogP contribution in [-0.4, -0.2) is 45.6 Å². The summed E-state index contributed by atoms with van der Waals surface area (Å²) in [5.41, 5.74) is 2.99. The van der Waals surface area contributed by atoms with Gasteiger partial charge in [0.15, 0.2) is 5.76 Å². The molecule has 3 heterocycles. The van der Waals surface area contributed by atoms with Gasteiger partial charge in [-0.05, 0) is 43.2 Å². The average molecular weight is 441 g/mol. The predicted octanol–water partition coefficient (Wildman–Crippen LogP) is 4.17. The quantitative estimate of drug-likeness (QED) is 0.505. The van der Waals surface area contributed by atoms with Gasteiger partial charge < -0.3 is 14.6 Å². The Labute approximate surface area is 191 Å². The lowest BCUT2D eigenvalue weighted by Gasteiger charge is -2.31. The van der Waals surface area contributed by atoms with E-state index in [1.165, 1.54) is 6.26 Å². The molecule has 0 unspecified atom stereocenters. The number of benzene rings is 2. The second-order valence-corrected chi connectivity index (χ2v) is 8.05. The summed E-state index contributed by atoms with van der Waals surface area (Å²) in [4.78, 5) is 27.5. The summed E-state index contributed by atoms with van der Waals surface area (Å²) in [7, 11) is 0.